The average molecular weight is 224 g/mol. The van der Waals surface area contributed by atoms with Gasteiger partial charge in [0.25, 0.3) is 0 Å². The molecule has 0 aromatic rings. The van der Waals surface area contributed by atoms with Gasteiger partial charge in [-0.2, -0.15) is 0 Å². The Morgan fingerprint density at radius 3 is 2.38 bits per heavy atom. The number of esters is 1. The molecule has 88 valence electrons. The van der Waals surface area contributed by atoms with Gasteiger partial charge in [0.05, 0.1) is 0 Å². The minimum Gasteiger partial charge on any atom is -0.453 e. The maximum atomic E-state index is 11.4. The summed E-state index contributed by atoms with van der Waals surface area (Å²) >= 11 is 0. The molecule has 4 atom stereocenters. The van der Waals surface area contributed by atoms with Crippen LogP contribution in [-0.2, 0) is 14.3 Å². The highest BCUT2D eigenvalue weighted by molar-refractivity contribution is 5.87. The average Bonchev–Trinajstić information content (AvgIpc) is 2.55. The molecular weight excluding hydrogens is 208 g/mol. The highest BCUT2D eigenvalue weighted by Crippen LogP contribution is 2.25. The molecule has 4 unspecified atom stereocenters. The van der Waals surface area contributed by atoms with Crippen molar-refractivity contribution in [3.05, 3.63) is 37.5 Å². The van der Waals surface area contributed by atoms with Crippen molar-refractivity contribution in [2.24, 2.45) is 0 Å². The van der Waals surface area contributed by atoms with E-state index in [1.165, 1.54) is 12.2 Å². The van der Waals surface area contributed by atoms with Crippen molar-refractivity contribution in [3.63, 3.8) is 0 Å². The Morgan fingerprint density at radius 2 is 1.94 bits per heavy atom. The van der Waals surface area contributed by atoms with Gasteiger partial charge in [0.15, 0.2) is 6.10 Å². The van der Waals surface area contributed by atoms with E-state index < -0.39 is 30.4 Å². The Morgan fingerprint density at radius 1 is 1.38 bits per heavy atom. The first-order chi connectivity index (χ1) is 7.51. The van der Waals surface area contributed by atoms with Crippen molar-refractivity contribution in [3.8, 4) is 0 Å². The number of ether oxygens (including phenoxy) is 2. The van der Waals surface area contributed by atoms with Crippen LogP contribution in [0.5, 0.6) is 0 Å². The van der Waals surface area contributed by atoms with E-state index >= 15 is 0 Å². The SMILES string of the molecule is C=CC1OC(C=C)C(OC(=O)C(=C)C)C1O. The van der Waals surface area contributed by atoms with Crippen LogP contribution < -0.4 is 0 Å². The predicted octanol–water partition coefficient (Wildman–Crippen LogP) is 0.975. The van der Waals surface area contributed by atoms with E-state index in [1.54, 1.807) is 6.92 Å². The van der Waals surface area contributed by atoms with Crippen molar-refractivity contribution < 1.29 is 19.4 Å². The number of carbonyl (C=O) groups is 1. The summed E-state index contributed by atoms with van der Waals surface area (Å²) in [6.45, 7) is 12.1. The normalized spacial score (nSPS) is 33.1. The fourth-order valence-electron chi connectivity index (χ4n) is 1.47. The zero-order valence-corrected chi connectivity index (χ0v) is 9.26. The minimum absolute atomic E-state index is 0.275. The Labute approximate surface area is 94.9 Å². The van der Waals surface area contributed by atoms with Crippen LogP contribution in [0, 0.1) is 0 Å². The first-order valence-electron chi connectivity index (χ1n) is 4.96. The van der Waals surface area contributed by atoms with Crippen LogP contribution in [0.1, 0.15) is 6.92 Å². The van der Waals surface area contributed by atoms with Crippen molar-refractivity contribution in [1.29, 1.82) is 0 Å². The zero-order valence-electron chi connectivity index (χ0n) is 9.26. The largest absolute Gasteiger partial charge is 0.453 e. The van der Waals surface area contributed by atoms with E-state index in [-0.39, 0.29) is 5.57 Å². The van der Waals surface area contributed by atoms with Crippen LogP contribution in [0.3, 0.4) is 0 Å². The molecule has 0 aliphatic carbocycles. The van der Waals surface area contributed by atoms with E-state index in [1.807, 2.05) is 0 Å². The number of carbonyl (C=O) groups excluding carboxylic acids is 1. The first-order valence-corrected chi connectivity index (χ1v) is 4.96. The first kappa shape index (κ1) is 12.7. The summed E-state index contributed by atoms with van der Waals surface area (Å²) < 4.78 is 10.5. The van der Waals surface area contributed by atoms with Crippen molar-refractivity contribution in [2.75, 3.05) is 0 Å². The molecule has 1 heterocycles. The Balaban J connectivity index is 2.76. The summed E-state index contributed by atoms with van der Waals surface area (Å²) in [5, 5.41) is 9.83. The second kappa shape index (κ2) is 5.09. The summed E-state index contributed by atoms with van der Waals surface area (Å²) in [6, 6.07) is 0. The number of rotatable bonds is 4. The van der Waals surface area contributed by atoms with Crippen molar-refractivity contribution >= 4 is 5.97 Å². The maximum Gasteiger partial charge on any atom is 0.333 e. The van der Waals surface area contributed by atoms with Gasteiger partial charge in [-0.15, -0.1) is 13.2 Å². The molecule has 1 saturated heterocycles. The third kappa shape index (κ3) is 2.40. The lowest BCUT2D eigenvalue weighted by molar-refractivity contribution is -0.149. The third-order valence-corrected chi connectivity index (χ3v) is 2.37. The molecule has 1 aliphatic rings. The Kier molecular flexibility index (Phi) is 4.04. The number of aliphatic hydroxyl groups is 1. The van der Waals surface area contributed by atoms with Gasteiger partial charge in [-0.25, -0.2) is 4.79 Å². The van der Waals surface area contributed by atoms with E-state index in [4.69, 9.17) is 9.47 Å². The molecule has 1 rings (SSSR count). The van der Waals surface area contributed by atoms with Crippen LogP contribution in [0.2, 0.25) is 0 Å². The summed E-state index contributed by atoms with van der Waals surface area (Å²) in [4.78, 5) is 11.4. The van der Waals surface area contributed by atoms with E-state index in [9.17, 15) is 9.90 Å². The van der Waals surface area contributed by atoms with Crippen LogP contribution in [0.15, 0.2) is 37.5 Å². The molecule has 0 saturated carbocycles. The standard InChI is InChI=1S/C12H16O4/c1-5-8-10(13)11(9(6-2)15-8)16-12(14)7(3)4/h5-6,8-11,13H,1-3H2,4H3. The lowest BCUT2D eigenvalue weighted by atomic mass is 10.1. The second-order valence-electron chi connectivity index (χ2n) is 3.68. The molecule has 1 N–H and O–H groups in total. The van der Waals surface area contributed by atoms with Crippen molar-refractivity contribution in [1.82, 2.24) is 0 Å². The van der Waals surface area contributed by atoms with E-state index in [0.29, 0.717) is 0 Å². The van der Waals surface area contributed by atoms with Gasteiger partial charge in [-0.1, -0.05) is 18.7 Å². The minimum atomic E-state index is -0.927. The topological polar surface area (TPSA) is 55.8 Å². The highest BCUT2D eigenvalue weighted by Gasteiger charge is 2.43. The van der Waals surface area contributed by atoms with Crippen LogP contribution >= 0.6 is 0 Å². The van der Waals surface area contributed by atoms with Crippen LogP contribution in [0.4, 0.5) is 0 Å². The lowest BCUT2D eigenvalue weighted by Crippen LogP contribution is -2.36. The van der Waals surface area contributed by atoms with Gasteiger partial charge >= 0.3 is 5.97 Å². The van der Waals surface area contributed by atoms with Gasteiger partial charge in [-0.05, 0) is 6.92 Å². The van der Waals surface area contributed by atoms with Gasteiger partial charge in [0.2, 0.25) is 0 Å². The van der Waals surface area contributed by atoms with E-state index in [2.05, 4.69) is 19.7 Å². The van der Waals surface area contributed by atoms with Gasteiger partial charge in [0.1, 0.15) is 18.3 Å². The molecule has 0 amide bonds. The number of aliphatic hydroxyl groups excluding tert-OH is 1. The smallest absolute Gasteiger partial charge is 0.333 e. The molecule has 0 bridgehead atoms. The van der Waals surface area contributed by atoms with E-state index in [0.717, 1.165) is 0 Å². The van der Waals surface area contributed by atoms with Gasteiger partial charge in [0, 0.05) is 5.57 Å². The number of hydrogen-bond acceptors (Lipinski definition) is 4. The number of hydrogen-bond donors (Lipinski definition) is 1. The highest BCUT2D eigenvalue weighted by atomic mass is 16.6. The van der Waals surface area contributed by atoms with Crippen LogP contribution in [0.25, 0.3) is 0 Å². The molecule has 0 radical (unpaired) electrons. The maximum absolute atomic E-state index is 11.4. The summed E-state index contributed by atoms with van der Waals surface area (Å²) in [5.74, 6) is -0.552. The van der Waals surface area contributed by atoms with Gasteiger partial charge < -0.3 is 14.6 Å². The molecule has 4 nitrogen and oxygen atoms in total. The summed E-state index contributed by atoms with van der Waals surface area (Å²) in [5.41, 5.74) is 0.275. The zero-order chi connectivity index (χ0) is 12.3. The Hall–Kier alpha value is -1.39. The fourth-order valence-corrected chi connectivity index (χ4v) is 1.47. The fraction of sp³-hybridized carbons (Fsp3) is 0.417. The van der Waals surface area contributed by atoms with Gasteiger partial charge in [-0.3, -0.25) is 0 Å². The molecular formula is C12H16O4. The predicted molar refractivity (Wildman–Crippen MR) is 59.8 cm³/mol. The second-order valence-corrected chi connectivity index (χ2v) is 3.68. The molecule has 1 fully saturated rings. The molecule has 1 aliphatic heterocycles. The summed E-state index contributed by atoms with van der Waals surface area (Å²) in [6.07, 6.45) is 0.194. The molecule has 0 aromatic heterocycles. The third-order valence-electron chi connectivity index (χ3n) is 2.37. The quantitative estimate of drug-likeness (QED) is 0.439. The van der Waals surface area contributed by atoms with Crippen molar-refractivity contribution in [2.45, 2.75) is 31.3 Å². The molecule has 4 heteroatoms. The lowest BCUT2D eigenvalue weighted by Gasteiger charge is -2.18. The molecule has 16 heavy (non-hydrogen) atoms. The Bertz CT molecular complexity index is 321. The monoisotopic (exact) mass is 224 g/mol. The molecule has 0 aromatic carbocycles. The van der Waals surface area contributed by atoms with Crippen LogP contribution in [-0.4, -0.2) is 35.5 Å². The molecule has 0 spiro atoms. The summed E-state index contributed by atoms with van der Waals surface area (Å²) in [7, 11) is 0.